The molecule has 0 N–H and O–H groups in total. The molecule has 142 valence electrons. The smallest absolute Gasteiger partial charge is 0.304 e. The summed E-state index contributed by atoms with van der Waals surface area (Å²) in [5, 5.41) is 17.0. The van der Waals surface area contributed by atoms with Gasteiger partial charge in [0, 0.05) is 34.2 Å². The first-order valence-corrected chi connectivity index (χ1v) is 9.59. The van der Waals surface area contributed by atoms with E-state index in [4.69, 9.17) is 39.5 Å². The Morgan fingerprint density at radius 3 is 2.68 bits per heavy atom. The Labute approximate surface area is 174 Å². The fourth-order valence-electron chi connectivity index (χ4n) is 3.93. The SMILES string of the molecule is O=[N+]([O-])c1ccc2c(c1)C1C(C2)OCc2nn(-c3c(Cl)cc(Cl)cc3Cl)c[n+]21. The molecule has 0 bridgehead atoms. The molecule has 1 aliphatic heterocycles. The second-order valence-corrected chi connectivity index (χ2v) is 7.99. The molecule has 2 aliphatic rings. The molecule has 0 radical (unpaired) electrons. The topological polar surface area (TPSA) is 74.1 Å². The zero-order valence-corrected chi connectivity index (χ0v) is 16.4. The number of fused-ring (bicyclic) bond motifs is 5. The predicted octanol–water partition coefficient (Wildman–Crippen LogP) is 4.07. The molecule has 1 aliphatic carbocycles. The minimum Gasteiger partial charge on any atom is -0.363 e. The molecular weight excluding hydrogens is 427 g/mol. The minimum absolute atomic E-state index is 0.0586. The van der Waals surface area contributed by atoms with Gasteiger partial charge in [-0.2, -0.15) is 0 Å². The van der Waals surface area contributed by atoms with Crippen LogP contribution in [0.4, 0.5) is 5.69 Å². The van der Waals surface area contributed by atoms with Crippen LogP contribution in [0.3, 0.4) is 0 Å². The van der Waals surface area contributed by atoms with E-state index >= 15 is 0 Å². The average molecular weight is 439 g/mol. The third-order valence-electron chi connectivity index (χ3n) is 5.12. The lowest BCUT2D eigenvalue weighted by atomic mass is 10.1. The third-order valence-corrected chi connectivity index (χ3v) is 5.92. The lowest BCUT2D eigenvalue weighted by Gasteiger charge is -2.23. The maximum Gasteiger partial charge on any atom is 0.304 e. The first-order chi connectivity index (χ1) is 13.4. The fourth-order valence-corrected chi connectivity index (χ4v) is 4.92. The van der Waals surface area contributed by atoms with Crippen LogP contribution in [0, 0.1) is 10.1 Å². The number of hydrogen-bond acceptors (Lipinski definition) is 4. The Balaban J connectivity index is 1.64. The Kier molecular flexibility index (Phi) is 4.10. The lowest BCUT2D eigenvalue weighted by Crippen LogP contribution is -2.51. The summed E-state index contributed by atoms with van der Waals surface area (Å²) < 4.78 is 9.56. The highest BCUT2D eigenvalue weighted by Gasteiger charge is 2.44. The molecule has 28 heavy (non-hydrogen) atoms. The van der Waals surface area contributed by atoms with Gasteiger partial charge in [0.05, 0.1) is 15.0 Å². The van der Waals surface area contributed by atoms with Crippen LogP contribution in [-0.2, 0) is 17.8 Å². The summed E-state index contributed by atoms with van der Waals surface area (Å²) in [7, 11) is 0. The average Bonchev–Trinajstić information content (AvgIpc) is 3.20. The normalized spacial score (nSPS) is 19.8. The van der Waals surface area contributed by atoms with Crippen molar-refractivity contribution in [2.24, 2.45) is 0 Å². The summed E-state index contributed by atoms with van der Waals surface area (Å²) in [5.74, 6) is 0.683. The summed E-state index contributed by atoms with van der Waals surface area (Å²) in [6, 6.07) is 7.94. The number of nitro benzene ring substituents is 1. The first-order valence-electron chi connectivity index (χ1n) is 8.46. The molecule has 5 rings (SSSR count). The maximum absolute atomic E-state index is 11.2. The van der Waals surface area contributed by atoms with Crippen LogP contribution < -0.4 is 4.57 Å². The molecule has 0 spiro atoms. The Morgan fingerprint density at radius 1 is 1.21 bits per heavy atom. The van der Waals surface area contributed by atoms with Crippen LogP contribution in [0.2, 0.25) is 15.1 Å². The molecule has 1 aromatic heterocycles. The van der Waals surface area contributed by atoms with E-state index in [2.05, 4.69) is 5.10 Å². The van der Waals surface area contributed by atoms with E-state index in [0.29, 0.717) is 39.6 Å². The van der Waals surface area contributed by atoms with Gasteiger partial charge in [-0.25, -0.2) is 4.57 Å². The molecule has 0 amide bonds. The highest BCUT2D eigenvalue weighted by molar-refractivity contribution is 6.40. The van der Waals surface area contributed by atoms with Crippen LogP contribution in [-0.4, -0.2) is 20.8 Å². The lowest BCUT2D eigenvalue weighted by molar-refractivity contribution is -0.739. The van der Waals surface area contributed by atoms with Crippen molar-refractivity contribution >= 4 is 40.5 Å². The van der Waals surface area contributed by atoms with Gasteiger partial charge in [0.25, 0.3) is 5.69 Å². The van der Waals surface area contributed by atoms with E-state index < -0.39 is 0 Å². The second kappa shape index (κ2) is 6.42. The number of benzene rings is 2. The van der Waals surface area contributed by atoms with Gasteiger partial charge in [-0.15, -0.1) is 0 Å². The van der Waals surface area contributed by atoms with Crippen molar-refractivity contribution in [1.82, 2.24) is 9.78 Å². The van der Waals surface area contributed by atoms with E-state index in [-0.39, 0.29) is 22.8 Å². The minimum atomic E-state index is -0.389. The number of halogens is 3. The maximum atomic E-state index is 11.2. The molecule has 2 atom stereocenters. The van der Waals surface area contributed by atoms with Gasteiger partial charge in [-0.3, -0.25) is 10.1 Å². The number of aromatic nitrogens is 3. The molecule has 10 heteroatoms. The molecule has 2 aromatic carbocycles. The summed E-state index contributed by atoms with van der Waals surface area (Å²) >= 11 is 18.7. The van der Waals surface area contributed by atoms with Crippen molar-refractivity contribution in [3.05, 3.63) is 78.8 Å². The van der Waals surface area contributed by atoms with Gasteiger partial charge in [0.15, 0.2) is 5.69 Å². The highest BCUT2D eigenvalue weighted by Crippen LogP contribution is 2.38. The Morgan fingerprint density at radius 2 is 1.96 bits per heavy atom. The molecule has 3 aromatic rings. The molecule has 0 saturated carbocycles. The zero-order chi connectivity index (χ0) is 19.6. The van der Waals surface area contributed by atoms with Crippen molar-refractivity contribution < 1.29 is 14.2 Å². The third kappa shape index (κ3) is 2.69. The predicted molar refractivity (Wildman–Crippen MR) is 102 cm³/mol. The van der Waals surface area contributed by atoms with Gasteiger partial charge in [0.1, 0.15) is 18.8 Å². The number of nitrogens with zero attached hydrogens (tertiary/aromatic N) is 4. The summed E-state index contributed by atoms with van der Waals surface area (Å²) in [6.45, 7) is 0.326. The Bertz CT molecular complexity index is 1120. The van der Waals surface area contributed by atoms with Gasteiger partial charge >= 0.3 is 5.82 Å². The fraction of sp³-hybridized carbons (Fsp3) is 0.222. The quantitative estimate of drug-likeness (QED) is 0.343. The molecule has 0 fully saturated rings. The number of ether oxygens (including phenoxy) is 1. The van der Waals surface area contributed by atoms with Crippen molar-refractivity contribution in [2.75, 3.05) is 0 Å². The summed E-state index contributed by atoms with van der Waals surface area (Å²) in [6.07, 6.45) is 2.38. The van der Waals surface area contributed by atoms with E-state index in [9.17, 15) is 10.1 Å². The van der Waals surface area contributed by atoms with E-state index in [1.165, 1.54) is 6.07 Å². The van der Waals surface area contributed by atoms with Crippen molar-refractivity contribution in [2.45, 2.75) is 25.2 Å². The molecular formula is C18H12Cl3N4O3+. The molecule has 0 saturated heterocycles. The molecule has 7 nitrogen and oxygen atoms in total. The van der Waals surface area contributed by atoms with Crippen LogP contribution in [0.25, 0.3) is 5.69 Å². The Hall–Kier alpha value is -2.19. The first kappa shape index (κ1) is 17.9. The number of rotatable bonds is 2. The van der Waals surface area contributed by atoms with Crippen LogP contribution in [0.1, 0.15) is 23.0 Å². The standard InChI is InChI=1S/C18H12Cl3N4O3/c19-10-4-13(20)18(14(21)5-10)24-8-23-16(22-24)7-28-15-3-9-1-2-11(25(26)27)6-12(9)17(15)23/h1-2,4-6,8,15,17H,3,7H2/q+1. The monoisotopic (exact) mass is 437 g/mol. The molecule has 2 heterocycles. The highest BCUT2D eigenvalue weighted by atomic mass is 35.5. The molecule has 2 unspecified atom stereocenters. The van der Waals surface area contributed by atoms with Crippen molar-refractivity contribution in [3.63, 3.8) is 0 Å². The van der Waals surface area contributed by atoms with Crippen molar-refractivity contribution in [1.29, 1.82) is 0 Å². The van der Waals surface area contributed by atoms with Gasteiger partial charge < -0.3 is 4.74 Å². The van der Waals surface area contributed by atoms with Crippen LogP contribution in [0.15, 0.2) is 36.7 Å². The number of non-ortho nitro benzene ring substituents is 1. The number of hydrogen-bond donors (Lipinski definition) is 0. The van der Waals surface area contributed by atoms with E-state index in [0.717, 1.165) is 11.1 Å². The second-order valence-electron chi connectivity index (χ2n) is 6.74. The van der Waals surface area contributed by atoms with Gasteiger partial charge in [-0.05, 0) is 17.7 Å². The summed E-state index contributed by atoms with van der Waals surface area (Å²) in [5.41, 5.74) is 2.49. The largest absolute Gasteiger partial charge is 0.363 e. The van der Waals surface area contributed by atoms with Crippen LogP contribution >= 0.6 is 34.8 Å². The number of nitro groups is 1. The van der Waals surface area contributed by atoms with Crippen LogP contribution in [0.5, 0.6) is 0 Å². The van der Waals surface area contributed by atoms with Gasteiger partial charge in [-0.1, -0.05) is 45.6 Å². The van der Waals surface area contributed by atoms with Gasteiger partial charge in [0.2, 0.25) is 6.33 Å². The zero-order valence-electron chi connectivity index (χ0n) is 14.2. The van der Waals surface area contributed by atoms with E-state index in [1.807, 2.05) is 4.57 Å². The van der Waals surface area contributed by atoms with E-state index in [1.54, 1.807) is 35.3 Å². The summed E-state index contributed by atoms with van der Waals surface area (Å²) in [4.78, 5) is 10.8. The van der Waals surface area contributed by atoms with Crippen molar-refractivity contribution in [3.8, 4) is 5.69 Å².